The molecule has 1 saturated heterocycles. The lowest BCUT2D eigenvalue weighted by Gasteiger charge is -2.41. The molecule has 1 unspecified atom stereocenters. The second-order valence-electron chi connectivity index (χ2n) is 14.4. The average molecular weight is 842 g/mol. The maximum atomic E-state index is 12.8. The maximum Gasteiger partial charge on any atom is 0.350 e. The number of benzene rings is 3. The van der Waals surface area contributed by atoms with Crippen LogP contribution >= 0.6 is 11.6 Å². The molecule has 0 N–H and O–H groups in total. The fraction of sp³-hybridized carbons (Fsp3) is 0.500. The number of hydrogen-bond acceptors (Lipinski definition) is 13. The van der Waals surface area contributed by atoms with Crippen LogP contribution in [0, 0.1) is 0 Å². The Morgan fingerprint density at radius 1 is 0.746 bits per heavy atom. The number of ether oxygens (including phenoxy) is 10. The van der Waals surface area contributed by atoms with Gasteiger partial charge in [0.15, 0.2) is 34.5 Å². The predicted octanol–water partition coefficient (Wildman–Crippen LogP) is 5.93. The summed E-state index contributed by atoms with van der Waals surface area (Å²) >= 11 is 6.23. The van der Waals surface area contributed by atoms with Crippen LogP contribution in [-0.4, -0.2) is 130 Å². The van der Waals surface area contributed by atoms with Gasteiger partial charge in [-0.1, -0.05) is 17.7 Å². The van der Waals surface area contributed by atoms with Crippen molar-refractivity contribution in [1.82, 2.24) is 4.90 Å². The number of esters is 2. The number of carbonyl (C=O) groups excluding carboxylic acids is 2. The highest BCUT2D eigenvalue weighted by Gasteiger charge is 2.32. The number of methoxy groups -OCH3 is 7. The van der Waals surface area contributed by atoms with E-state index < -0.39 is 11.9 Å². The van der Waals surface area contributed by atoms with Crippen molar-refractivity contribution < 1.29 is 61.4 Å². The largest absolute Gasteiger partial charge is 0.493 e. The van der Waals surface area contributed by atoms with E-state index in [-0.39, 0.29) is 24.3 Å². The zero-order valence-electron chi connectivity index (χ0n) is 35.3. The van der Waals surface area contributed by atoms with Crippen LogP contribution < -0.4 is 33.2 Å². The summed E-state index contributed by atoms with van der Waals surface area (Å²) < 4.78 is 56.3. The number of nitrogens with zero attached hydrogens (tertiary/aromatic N) is 2. The summed E-state index contributed by atoms with van der Waals surface area (Å²) in [7, 11) is 11.3. The van der Waals surface area contributed by atoms with Gasteiger partial charge < -0.3 is 51.9 Å². The standard InChI is InChI=1S/C44H58ClN2O12/c1-50-36-11-10-30(23-37(36)51-2)22-35-33-27-39(53-4)38(52-3)26-32(33)12-14-46(35)13-8-18-59-44(49)34(45)28-42(48)58-19-9-15-47(16-20-57-21-17-47)29-31-24-40(54-5)43(56-7)41(25-31)55-6/h10-11,23-28,35H,8-9,12-22,29H2,1-7H3/q+1. The Balaban J connectivity index is 1.13. The predicted molar refractivity (Wildman–Crippen MR) is 221 cm³/mol. The summed E-state index contributed by atoms with van der Waals surface area (Å²) in [4.78, 5) is 27.8. The molecule has 0 amide bonds. The van der Waals surface area contributed by atoms with Crippen LogP contribution in [0.4, 0.5) is 0 Å². The highest BCUT2D eigenvalue weighted by molar-refractivity contribution is 6.42. The van der Waals surface area contributed by atoms with Crippen LogP contribution in [0.2, 0.25) is 0 Å². The van der Waals surface area contributed by atoms with E-state index in [4.69, 9.17) is 59.0 Å². The summed E-state index contributed by atoms with van der Waals surface area (Å²) in [5.41, 5.74) is 4.44. The molecule has 5 rings (SSSR count). The molecule has 0 aliphatic carbocycles. The first kappa shape index (κ1) is 45.2. The number of quaternary nitrogens is 1. The summed E-state index contributed by atoms with van der Waals surface area (Å²) in [5, 5.41) is -0.339. The first-order valence-corrected chi connectivity index (χ1v) is 20.1. The van der Waals surface area contributed by atoms with Crippen molar-refractivity contribution in [2.45, 2.75) is 38.3 Å². The molecule has 2 aliphatic rings. The molecular formula is C44H58ClN2O12+. The minimum absolute atomic E-state index is 0.000197. The van der Waals surface area contributed by atoms with Gasteiger partial charge in [0.1, 0.15) is 24.7 Å². The zero-order valence-corrected chi connectivity index (χ0v) is 36.0. The molecule has 3 aromatic carbocycles. The van der Waals surface area contributed by atoms with E-state index in [1.165, 1.54) is 5.56 Å². The Bertz CT molecular complexity index is 1890. The SMILES string of the molecule is COc1ccc(CC2c3cc(OC)c(OC)cc3CCN2CCCOC(=O)C(Cl)=CC(=O)OCCC[N+]2(Cc3cc(OC)c(OC)c(OC)c3)CCOCC2)cc1OC. The Morgan fingerprint density at radius 2 is 1.36 bits per heavy atom. The van der Waals surface area contributed by atoms with Gasteiger partial charge in [0.2, 0.25) is 5.75 Å². The molecule has 2 heterocycles. The molecule has 0 saturated carbocycles. The lowest BCUT2D eigenvalue weighted by atomic mass is 9.88. The second-order valence-corrected chi connectivity index (χ2v) is 14.8. The summed E-state index contributed by atoms with van der Waals surface area (Å²) in [6.07, 6.45) is 3.63. The van der Waals surface area contributed by atoms with Gasteiger partial charge >= 0.3 is 11.9 Å². The minimum atomic E-state index is -0.783. The van der Waals surface area contributed by atoms with Gasteiger partial charge in [-0.2, -0.15) is 0 Å². The normalized spacial score (nSPS) is 16.3. The van der Waals surface area contributed by atoms with Gasteiger partial charge in [-0.15, -0.1) is 0 Å². The highest BCUT2D eigenvalue weighted by Crippen LogP contribution is 2.41. The van der Waals surface area contributed by atoms with Crippen molar-refractivity contribution in [1.29, 1.82) is 0 Å². The van der Waals surface area contributed by atoms with Gasteiger partial charge in [-0.25, -0.2) is 9.59 Å². The smallest absolute Gasteiger partial charge is 0.350 e. The Hall–Kier alpha value is -4.89. The minimum Gasteiger partial charge on any atom is -0.493 e. The lowest BCUT2D eigenvalue weighted by molar-refractivity contribution is -0.947. The summed E-state index contributed by atoms with van der Waals surface area (Å²) in [5.74, 6) is 2.91. The molecule has 1 atom stereocenters. The van der Waals surface area contributed by atoms with Gasteiger partial charge in [-0.3, -0.25) is 4.90 Å². The second kappa shape index (κ2) is 21.9. The first-order chi connectivity index (χ1) is 28.6. The van der Waals surface area contributed by atoms with Crippen LogP contribution in [0.3, 0.4) is 0 Å². The third-order valence-corrected chi connectivity index (χ3v) is 11.2. The first-order valence-electron chi connectivity index (χ1n) is 19.7. The fourth-order valence-electron chi connectivity index (χ4n) is 7.90. The molecule has 2 aliphatic heterocycles. The van der Waals surface area contributed by atoms with E-state index in [0.29, 0.717) is 85.8 Å². The third kappa shape index (κ3) is 11.7. The van der Waals surface area contributed by atoms with Gasteiger partial charge in [0.05, 0.1) is 82.7 Å². The quantitative estimate of drug-likeness (QED) is 0.0545. The van der Waals surface area contributed by atoms with E-state index in [2.05, 4.69) is 17.0 Å². The van der Waals surface area contributed by atoms with Gasteiger partial charge in [0.25, 0.3) is 0 Å². The molecule has 322 valence electrons. The van der Waals surface area contributed by atoms with Crippen molar-refractivity contribution in [2.75, 3.05) is 109 Å². The van der Waals surface area contributed by atoms with Crippen molar-refractivity contribution in [3.63, 3.8) is 0 Å². The number of rotatable bonds is 21. The zero-order chi connectivity index (χ0) is 42.4. The molecule has 0 spiro atoms. The molecule has 0 radical (unpaired) electrons. The van der Waals surface area contributed by atoms with E-state index in [1.54, 1.807) is 49.8 Å². The van der Waals surface area contributed by atoms with E-state index in [1.807, 2.05) is 30.3 Å². The Morgan fingerprint density at radius 3 is 2.00 bits per heavy atom. The number of morpholine rings is 1. The highest BCUT2D eigenvalue weighted by atomic mass is 35.5. The average Bonchev–Trinajstić information content (AvgIpc) is 3.26. The van der Waals surface area contributed by atoms with E-state index in [0.717, 1.165) is 59.8 Å². The number of fused-ring (bicyclic) bond motifs is 1. The summed E-state index contributed by atoms with van der Waals surface area (Å²) in [6.45, 7) is 6.02. The molecule has 59 heavy (non-hydrogen) atoms. The Labute approximate surface area is 352 Å². The Kier molecular flexibility index (Phi) is 16.8. The third-order valence-electron chi connectivity index (χ3n) is 10.9. The molecule has 3 aromatic rings. The van der Waals surface area contributed by atoms with Gasteiger partial charge in [-0.05, 0) is 72.4 Å². The van der Waals surface area contributed by atoms with Crippen LogP contribution in [0.1, 0.15) is 41.1 Å². The molecule has 0 bridgehead atoms. The van der Waals surface area contributed by atoms with Crippen molar-refractivity contribution in [3.05, 3.63) is 75.8 Å². The number of hydrogen-bond donors (Lipinski definition) is 0. The van der Waals surface area contributed by atoms with Crippen LogP contribution in [0.15, 0.2) is 53.6 Å². The lowest BCUT2D eigenvalue weighted by Crippen LogP contribution is -2.55. The van der Waals surface area contributed by atoms with Crippen LogP contribution in [0.25, 0.3) is 0 Å². The fourth-order valence-corrected chi connectivity index (χ4v) is 8.04. The molecular weight excluding hydrogens is 784 g/mol. The molecule has 1 fully saturated rings. The number of halogens is 1. The van der Waals surface area contributed by atoms with Crippen LogP contribution in [0.5, 0.6) is 40.2 Å². The van der Waals surface area contributed by atoms with E-state index in [9.17, 15) is 9.59 Å². The maximum absolute atomic E-state index is 12.8. The van der Waals surface area contributed by atoms with Crippen LogP contribution in [-0.2, 0) is 43.2 Å². The molecule has 14 nitrogen and oxygen atoms in total. The number of carbonyl (C=O) groups is 2. The van der Waals surface area contributed by atoms with Crippen molar-refractivity contribution >= 4 is 23.5 Å². The monoisotopic (exact) mass is 841 g/mol. The van der Waals surface area contributed by atoms with Crippen molar-refractivity contribution in [2.24, 2.45) is 0 Å². The van der Waals surface area contributed by atoms with Gasteiger partial charge in [0, 0.05) is 37.2 Å². The van der Waals surface area contributed by atoms with Crippen molar-refractivity contribution in [3.8, 4) is 40.2 Å². The molecule has 0 aromatic heterocycles. The topological polar surface area (TPSA) is 130 Å². The van der Waals surface area contributed by atoms with E-state index >= 15 is 0 Å². The molecule has 15 heteroatoms. The summed E-state index contributed by atoms with van der Waals surface area (Å²) in [6, 6.07) is 14.0.